The number of ether oxygens (including phenoxy) is 2. The molecule has 0 spiro atoms. The van der Waals surface area contributed by atoms with Crippen molar-refractivity contribution in [1.29, 1.82) is 0 Å². The summed E-state index contributed by atoms with van der Waals surface area (Å²) in [6.45, 7) is 5.79. The van der Waals surface area contributed by atoms with Gasteiger partial charge in [0.25, 0.3) is 26.0 Å². The summed E-state index contributed by atoms with van der Waals surface area (Å²) in [5.41, 5.74) is 0.340. The third-order valence-corrected chi connectivity index (χ3v) is 13.6. The second-order valence-corrected chi connectivity index (χ2v) is 17.3. The Morgan fingerprint density at radius 2 is 1.76 bits per heavy atom. The van der Waals surface area contributed by atoms with Gasteiger partial charge in [0.05, 0.1) is 30.4 Å². The first kappa shape index (κ1) is 35.3. The van der Waals surface area contributed by atoms with Crippen molar-refractivity contribution in [2.24, 2.45) is 5.92 Å². The van der Waals surface area contributed by atoms with Gasteiger partial charge in [-0.2, -0.15) is 4.31 Å². The average molecular weight is 700 g/mol. The number of amides is 1. The highest BCUT2D eigenvalue weighted by Gasteiger charge is 2.33. The van der Waals surface area contributed by atoms with E-state index in [1.807, 2.05) is 13.8 Å². The van der Waals surface area contributed by atoms with Gasteiger partial charge in [-0.05, 0) is 74.2 Å². The molecule has 0 fully saturated rings. The second kappa shape index (κ2) is 15.4. The number of benzene rings is 1. The predicted octanol–water partition coefficient (Wildman–Crippen LogP) is 4.73. The summed E-state index contributed by atoms with van der Waals surface area (Å²) in [6.07, 6.45) is 1.37. The number of thiophene rings is 2. The van der Waals surface area contributed by atoms with Crippen LogP contribution >= 0.6 is 22.7 Å². The van der Waals surface area contributed by atoms with Crippen molar-refractivity contribution in [3.63, 3.8) is 0 Å². The molecule has 248 valence electrons. The normalized spacial score (nSPS) is 21.5. The molecule has 4 atom stereocenters. The molecule has 3 heterocycles. The number of hydrogen-bond acceptors (Lipinski definition) is 10. The van der Waals surface area contributed by atoms with Crippen molar-refractivity contribution in [2.45, 2.75) is 66.7 Å². The van der Waals surface area contributed by atoms with Gasteiger partial charge in [0.2, 0.25) is 0 Å². The van der Waals surface area contributed by atoms with Crippen LogP contribution in [0.15, 0.2) is 61.6 Å². The quantitative estimate of drug-likeness (QED) is 0.327. The smallest absolute Gasteiger partial charge is 0.271 e. The van der Waals surface area contributed by atoms with Crippen LogP contribution in [0.25, 0.3) is 0 Å². The van der Waals surface area contributed by atoms with Crippen LogP contribution in [0.2, 0.25) is 0 Å². The summed E-state index contributed by atoms with van der Waals surface area (Å²) in [4.78, 5) is 15.8. The lowest BCUT2D eigenvalue weighted by Gasteiger charge is -2.35. The molecule has 1 aliphatic rings. The van der Waals surface area contributed by atoms with Crippen LogP contribution < -0.4 is 9.46 Å². The van der Waals surface area contributed by atoms with Crippen LogP contribution in [0, 0.1) is 5.92 Å². The number of fused-ring (bicyclic) bond motifs is 1. The van der Waals surface area contributed by atoms with Crippen molar-refractivity contribution >= 4 is 54.3 Å². The van der Waals surface area contributed by atoms with Gasteiger partial charge in [-0.25, -0.2) is 16.8 Å². The van der Waals surface area contributed by atoms with E-state index < -0.39 is 38.1 Å². The number of nitrogens with one attached hydrogen (secondary N) is 1. The molecule has 0 bridgehead atoms. The minimum absolute atomic E-state index is 0.0711. The number of nitrogens with zero attached hydrogens (tertiary/aromatic N) is 2. The van der Waals surface area contributed by atoms with E-state index in [9.17, 15) is 26.7 Å². The largest absolute Gasteiger partial charge is 0.490 e. The van der Waals surface area contributed by atoms with Crippen molar-refractivity contribution in [2.75, 3.05) is 38.1 Å². The van der Waals surface area contributed by atoms with Crippen molar-refractivity contribution in [3.05, 3.63) is 58.8 Å². The predicted molar refractivity (Wildman–Crippen MR) is 176 cm³/mol. The molecule has 1 amide bonds. The van der Waals surface area contributed by atoms with Crippen LogP contribution in [0.4, 0.5) is 5.69 Å². The number of aliphatic hydroxyl groups excluding tert-OH is 1. The molecule has 11 nitrogen and oxygen atoms in total. The Morgan fingerprint density at radius 1 is 1.07 bits per heavy atom. The van der Waals surface area contributed by atoms with Gasteiger partial charge in [0, 0.05) is 38.3 Å². The Hall–Kier alpha value is -2.53. The fourth-order valence-corrected chi connectivity index (χ4v) is 9.41. The lowest BCUT2D eigenvalue weighted by atomic mass is 10.0. The Labute approximate surface area is 273 Å². The van der Waals surface area contributed by atoms with Crippen LogP contribution in [-0.2, 0) is 24.8 Å². The zero-order valence-electron chi connectivity index (χ0n) is 25.8. The molecule has 1 aromatic carbocycles. The van der Waals surface area contributed by atoms with Gasteiger partial charge in [-0.15, -0.1) is 22.7 Å². The minimum atomic E-state index is -3.87. The first-order valence-electron chi connectivity index (χ1n) is 14.7. The fourth-order valence-electron chi connectivity index (χ4n) is 4.99. The Balaban J connectivity index is 1.67. The van der Waals surface area contributed by atoms with Gasteiger partial charge in [0.1, 0.15) is 14.2 Å². The van der Waals surface area contributed by atoms with Crippen molar-refractivity contribution < 1.29 is 36.2 Å². The molecule has 3 aromatic rings. The molecule has 15 heteroatoms. The molecule has 0 unspecified atom stereocenters. The van der Waals surface area contributed by atoms with Gasteiger partial charge < -0.3 is 19.5 Å². The molecular formula is C30H41N3O8S4. The molecule has 0 aliphatic carbocycles. The van der Waals surface area contributed by atoms with Crippen LogP contribution in [0.3, 0.4) is 0 Å². The summed E-state index contributed by atoms with van der Waals surface area (Å²) < 4.78 is 69.0. The molecular weight excluding hydrogens is 659 g/mol. The van der Waals surface area contributed by atoms with Gasteiger partial charge in [-0.3, -0.25) is 9.52 Å². The van der Waals surface area contributed by atoms with Gasteiger partial charge in [-0.1, -0.05) is 19.1 Å². The third kappa shape index (κ3) is 8.84. The molecule has 4 rings (SSSR count). The lowest BCUT2D eigenvalue weighted by molar-refractivity contribution is -0.00832. The minimum Gasteiger partial charge on any atom is -0.490 e. The number of hydrogen-bond donors (Lipinski definition) is 2. The van der Waals surface area contributed by atoms with Crippen LogP contribution in [0.1, 0.15) is 50.4 Å². The standard InChI is InChI=1S/C30H41N3O8S4/c1-21-18-33(22(2)20-34)30(35)25-17-24(31-44(36,37)28-10-7-15-42-28)12-13-26(25)41-23(3)9-5-6-14-40-27(21)19-32(4)45(38,39)29-11-8-16-43-29/h7-8,10-13,15-17,21-23,27,31,34H,5-6,9,14,18-20H2,1-4H3/t21-,22-,23+,27+/m0/s1. The SMILES string of the molecule is C[C@@H]1CCCCO[C@H](CN(C)S(=O)(=O)c2cccs2)[C@@H](C)CN([C@@H](C)CO)C(=O)c2cc(NS(=O)(=O)c3cccs3)ccc2O1. The summed E-state index contributed by atoms with van der Waals surface area (Å²) in [5.74, 6) is -0.491. The maximum absolute atomic E-state index is 14.3. The molecule has 1 aliphatic heterocycles. The molecule has 2 aromatic heterocycles. The van der Waals surface area contributed by atoms with Crippen molar-refractivity contribution in [1.82, 2.24) is 9.21 Å². The highest BCUT2D eigenvalue weighted by molar-refractivity contribution is 7.94. The Morgan fingerprint density at radius 3 is 2.40 bits per heavy atom. The average Bonchev–Trinajstić information content (AvgIpc) is 3.74. The van der Waals surface area contributed by atoms with E-state index >= 15 is 0 Å². The van der Waals surface area contributed by atoms with Crippen LogP contribution in [0.5, 0.6) is 5.75 Å². The highest BCUT2D eigenvalue weighted by Crippen LogP contribution is 2.30. The van der Waals surface area contributed by atoms with E-state index in [1.165, 1.54) is 28.4 Å². The first-order valence-corrected chi connectivity index (χ1v) is 19.4. The van der Waals surface area contributed by atoms with E-state index in [-0.39, 0.29) is 51.4 Å². The van der Waals surface area contributed by atoms with Gasteiger partial charge in [0.15, 0.2) is 0 Å². The number of carbonyl (C=O) groups is 1. The summed E-state index contributed by atoms with van der Waals surface area (Å²) in [7, 11) is -6.08. The first-order chi connectivity index (χ1) is 21.3. The molecule has 45 heavy (non-hydrogen) atoms. The number of likely N-dealkylation sites (N-methyl/N-ethyl adjacent to an activating group) is 1. The maximum Gasteiger partial charge on any atom is 0.271 e. The number of carbonyl (C=O) groups excluding carboxylic acids is 1. The van der Waals surface area contributed by atoms with E-state index in [4.69, 9.17) is 9.47 Å². The topological polar surface area (TPSA) is 143 Å². The molecule has 0 saturated heterocycles. The fraction of sp³-hybridized carbons (Fsp3) is 0.500. The zero-order chi connectivity index (χ0) is 32.8. The summed E-state index contributed by atoms with van der Waals surface area (Å²) in [6, 6.07) is 10.4. The monoisotopic (exact) mass is 699 g/mol. The number of aliphatic hydroxyl groups is 1. The summed E-state index contributed by atoms with van der Waals surface area (Å²) >= 11 is 2.22. The van der Waals surface area contributed by atoms with E-state index in [2.05, 4.69) is 4.72 Å². The Kier molecular flexibility index (Phi) is 12.1. The molecule has 0 radical (unpaired) electrons. The second-order valence-electron chi connectivity index (χ2n) is 11.3. The summed E-state index contributed by atoms with van der Waals surface area (Å²) in [5, 5.41) is 13.5. The number of anilines is 1. The third-order valence-electron chi connectivity index (χ3n) is 7.66. The molecule has 2 N–H and O–H groups in total. The van der Waals surface area contributed by atoms with Crippen LogP contribution in [-0.4, -0.2) is 88.7 Å². The number of sulfonamides is 2. The maximum atomic E-state index is 14.3. The van der Waals surface area contributed by atoms with E-state index in [0.29, 0.717) is 18.8 Å². The lowest BCUT2D eigenvalue weighted by Crippen LogP contribution is -2.48. The highest BCUT2D eigenvalue weighted by atomic mass is 32.3. The zero-order valence-corrected chi connectivity index (χ0v) is 29.1. The number of rotatable bonds is 9. The molecule has 0 saturated carbocycles. The van der Waals surface area contributed by atoms with E-state index in [1.54, 1.807) is 48.0 Å². The van der Waals surface area contributed by atoms with Gasteiger partial charge >= 0.3 is 0 Å². The van der Waals surface area contributed by atoms with E-state index in [0.717, 1.165) is 35.5 Å². The van der Waals surface area contributed by atoms with Crippen molar-refractivity contribution in [3.8, 4) is 5.75 Å². The Bertz CT molecular complexity index is 1610.